The van der Waals surface area contributed by atoms with Crippen molar-refractivity contribution >= 4 is 40.9 Å². The monoisotopic (exact) mass is 590 g/mol. The van der Waals surface area contributed by atoms with Crippen LogP contribution in [0.5, 0.6) is 0 Å². The summed E-state index contributed by atoms with van der Waals surface area (Å²) >= 11 is 14.3. The number of rotatable bonds is 9. The number of nitrogens with one attached hydrogen (secondary N) is 1. The summed E-state index contributed by atoms with van der Waals surface area (Å²) in [6.07, 6.45) is 0.470. The lowest BCUT2D eigenvalue weighted by Crippen LogP contribution is -2.32. The van der Waals surface area contributed by atoms with Crippen LogP contribution in [0.4, 0.5) is 4.39 Å². The normalized spacial score (nSPS) is 11.8. The minimum Gasteiger partial charge on any atom is -0.342 e. The quantitative estimate of drug-likeness (QED) is 0.176. The molecule has 5 nitrogen and oxygen atoms in total. The average molecular weight is 592 g/mol. The molecule has 0 aliphatic heterocycles. The SMILES string of the molecule is Cc1ccc(Cl)cc1-n1c(SCc2ccc(F)cc2)nnc1C(Cc1ccccc1)NC(=O)c1ccccc1Cl. The smallest absolute Gasteiger partial charge is 0.253 e. The van der Waals surface area contributed by atoms with Crippen LogP contribution in [0.25, 0.3) is 5.69 Å². The number of halogens is 3. The van der Waals surface area contributed by atoms with Gasteiger partial charge >= 0.3 is 0 Å². The molecule has 4 aromatic carbocycles. The van der Waals surface area contributed by atoms with E-state index in [-0.39, 0.29) is 11.7 Å². The number of amides is 1. The first-order chi connectivity index (χ1) is 19.4. The number of nitrogens with zero attached hydrogens (tertiary/aromatic N) is 3. The Morgan fingerprint density at radius 2 is 1.65 bits per heavy atom. The molecule has 0 saturated carbocycles. The Morgan fingerprint density at radius 1 is 0.925 bits per heavy atom. The van der Waals surface area contributed by atoms with Crippen molar-refractivity contribution < 1.29 is 9.18 Å². The van der Waals surface area contributed by atoms with Crippen molar-refractivity contribution in [1.29, 1.82) is 0 Å². The minimum absolute atomic E-state index is 0.285. The van der Waals surface area contributed by atoms with Crippen LogP contribution in [0.3, 0.4) is 0 Å². The van der Waals surface area contributed by atoms with E-state index in [0.717, 1.165) is 22.4 Å². The maximum absolute atomic E-state index is 13.5. The molecule has 0 bridgehead atoms. The van der Waals surface area contributed by atoms with Crippen molar-refractivity contribution in [2.24, 2.45) is 0 Å². The Hall–Kier alpha value is -3.65. The highest BCUT2D eigenvalue weighted by molar-refractivity contribution is 7.98. The maximum atomic E-state index is 13.5. The molecule has 0 radical (unpaired) electrons. The maximum Gasteiger partial charge on any atom is 0.253 e. The molecular formula is C31H25Cl2FN4OS. The molecule has 5 aromatic rings. The predicted octanol–water partition coefficient (Wildman–Crippen LogP) is 8.03. The largest absolute Gasteiger partial charge is 0.342 e. The van der Waals surface area contributed by atoms with Gasteiger partial charge < -0.3 is 5.32 Å². The van der Waals surface area contributed by atoms with Crippen molar-refractivity contribution in [3.05, 3.63) is 141 Å². The Morgan fingerprint density at radius 3 is 2.40 bits per heavy atom. The van der Waals surface area contributed by atoms with Crippen molar-refractivity contribution in [2.45, 2.75) is 30.3 Å². The standard InChI is InChI=1S/C31H25Cl2FN4OS/c1-20-11-14-23(32)18-28(20)38-29(36-37-31(38)40-19-22-12-15-24(34)16-13-22)27(17-21-7-3-2-4-8-21)35-30(39)25-9-5-6-10-26(25)33/h2-16,18,27H,17,19H2,1H3,(H,35,39). The molecule has 0 aliphatic carbocycles. The Balaban J connectivity index is 1.58. The Kier molecular flexibility index (Phi) is 8.85. The van der Waals surface area contributed by atoms with Gasteiger partial charge in [-0.15, -0.1) is 10.2 Å². The molecule has 1 atom stereocenters. The molecule has 1 N–H and O–H groups in total. The van der Waals surface area contributed by atoms with Gasteiger partial charge in [-0.2, -0.15) is 0 Å². The molecule has 40 heavy (non-hydrogen) atoms. The van der Waals surface area contributed by atoms with Gasteiger partial charge in [-0.3, -0.25) is 9.36 Å². The average Bonchev–Trinajstić information content (AvgIpc) is 3.38. The third-order valence-electron chi connectivity index (χ3n) is 6.37. The van der Waals surface area contributed by atoms with Gasteiger partial charge in [-0.05, 0) is 66.4 Å². The van der Waals surface area contributed by atoms with E-state index in [2.05, 4.69) is 15.5 Å². The molecule has 9 heteroatoms. The van der Waals surface area contributed by atoms with Crippen LogP contribution in [0.15, 0.2) is 102 Å². The van der Waals surface area contributed by atoms with Gasteiger partial charge in [0.25, 0.3) is 5.91 Å². The molecular weight excluding hydrogens is 566 g/mol. The van der Waals surface area contributed by atoms with Crippen LogP contribution in [0.1, 0.15) is 38.9 Å². The van der Waals surface area contributed by atoms with Crippen molar-refractivity contribution in [2.75, 3.05) is 0 Å². The molecule has 0 fully saturated rings. The second-order valence-corrected chi connectivity index (χ2v) is 11.0. The first-order valence-electron chi connectivity index (χ1n) is 12.6. The van der Waals surface area contributed by atoms with E-state index in [1.54, 1.807) is 36.4 Å². The first kappa shape index (κ1) is 27.9. The van der Waals surface area contributed by atoms with Crippen molar-refractivity contribution in [1.82, 2.24) is 20.1 Å². The number of aryl methyl sites for hydroxylation is 1. The number of hydrogen-bond acceptors (Lipinski definition) is 4. The number of benzene rings is 4. The van der Waals surface area contributed by atoms with E-state index in [4.69, 9.17) is 23.2 Å². The number of aromatic nitrogens is 3. The second-order valence-electron chi connectivity index (χ2n) is 9.22. The van der Waals surface area contributed by atoms with Crippen LogP contribution >= 0.6 is 35.0 Å². The molecule has 1 unspecified atom stereocenters. The van der Waals surface area contributed by atoms with Gasteiger partial charge in [0.2, 0.25) is 0 Å². The molecule has 1 amide bonds. The summed E-state index contributed by atoms with van der Waals surface area (Å²) in [4.78, 5) is 13.4. The van der Waals surface area contributed by atoms with Crippen molar-refractivity contribution in [3.8, 4) is 5.69 Å². The van der Waals surface area contributed by atoms with Crippen LogP contribution in [0.2, 0.25) is 10.0 Å². The lowest BCUT2D eigenvalue weighted by Gasteiger charge is -2.21. The van der Waals surface area contributed by atoms with E-state index in [1.165, 1.54) is 23.9 Å². The molecule has 5 rings (SSSR count). The lowest BCUT2D eigenvalue weighted by molar-refractivity contribution is 0.0934. The van der Waals surface area contributed by atoms with E-state index >= 15 is 0 Å². The van der Waals surface area contributed by atoms with Gasteiger partial charge in [-0.25, -0.2) is 4.39 Å². The second kappa shape index (κ2) is 12.7. The lowest BCUT2D eigenvalue weighted by atomic mass is 10.0. The summed E-state index contributed by atoms with van der Waals surface area (Å²) in [7, 11) is 0. The summed E-state index contributed by atoms with van der Waals surface area (Å²) in [5.74, 6) is 0.500. The zero-order valence-corrected chi connectivity index (χ0v) is 23.8. The summed E-state index contributed by atoms with van der Waals surface area (Å²) in [6, 6.07) is 28.2. The Labute approximate surface area is 246 Å². The number of carbonyl (C=O) groups excluding carboxylic acids is 1. The molecule has 1 aromatic heterocycles. The third-order valence-corrected chi connectivity index (χ3v) is 7.93. The molecule has 0 spiro atoms. The zero-order chi connectivity index (χ0) is 28.1. The van der Waals surface area contributed by atoms with Gasteiger partial charge in [0.15, 0.2) is 11.0 Å². The van der Waals surface area contributed by atoms with Crippen molar-refractivity contribution in [3.63, 3.8) is 0 Å². The van der Waals surface area contributed by atoms with E-state index < -0.39 is 6.04 Å². The number of carbonyl (C=O) groups is 1. The zero-order valence-electron chi connectivity index (χ0n) is 21.5. The van der Waals surface area contributed by atoms with Crippen LogP contribution in [-0.2, 0) is 12.2 Å². The van der Waals surface area contributed by atoms with E-state index in [0.29, 0.717) is 38.8 Å². The summed E-state index contributed by atoms with van der Waals surface area (Å²) in [6.45, 7) is 1.98. The minimum atomic E-state index is -0.544. The molecule has 0 aliphatic rings. The molecule has 202 valence electrons. The molecule has 0 saturated heterocycles. The topological polar surface area (TPSA) is 59.8 Å². The fourth-order valence-corrected chi connectivity index (χ4v) is 5.61. The van der Waals surface area contributed by atoms with E-state index in [9.17, 15) is 9.18 Å². The van der Waals surface area contributed by atoms with E-state index in [1.807, 2.05) is 60.0 Å². The molecule has 1 heterocycles. The van der Waals surface area contributed by atoms with Gasteiger partial charge in [-0.1, -0.05) is 95.6 Å². The summed E-state index contributed by atoms with van der Waals surface area (Å²) < 4.78 is 15.4. The predicted molar refractivity (Wildman–Crippen MR) is 159 cm³/mol. The number of hydrogen-bond donors (Lipinski definition) is 1. The van der Waals surface area contributed by atoms with Crippen LogP contribution in [0, 0.1) is 12.7 Å². The highest BCUT2D eigenvalue weighted by Crippen LogP contribution is 2.32. The first-order valence-corrected chi connectivity index (χ1v) is 14.3. The summed E-state index contributed by atoms with van der Waals surface area (Å²) in [5.41, 5.74) is 4.10. The fourth-order valence-electron chi connectivity index (χ4n) is 4.32. The highest BCUT2D eigenvalue weighted by atomic mass is 35.5. The number of thioether (sulfide) groups is 1. The third kappa shape index (κ3) is 6.55. The Bertz CT molecular complexity index is 1630. The van der Waals surface area contributed by atoms with Gasteiger partial charge in [0, 0.05) is 10.8 Å². The summed E-state index contributed by atoms with van der Waals surface area (Å²) in [5, 5.41) is 13.8. The van der Waals surface area contributed by atoms with Crippen LogP contribution in [-0.4, -0.2) is 20.7 Å². The van der Waals surface area contributed by atoms with Crippen LogP contribution < -0.4 is 5.32 Å². The van der Waals surface area contributed by atoms with Gasteiger partial charge in [0.05, 0.1) is 22.3 Å². The van der Waals surface area contributed by atoms with Gasteiger partial charge in [0.1, 0.15) is 5.82 Å². The highest BCUT2D eigenvalue weighted by Gasteiger charge is 2.26. The fraction of sp³-hybridized carbons (Fsp3) is 0.129.